The molecule has 3 unspecified atom stereocenters. The first-order valence-corrected chi connectivity index (χ1v) is 7.33. The van der Waals surface area contributed by atoms with Gasteiger partial charge in [0.15, 0.2) is 0 Å². The molecule has 0 aromatic heterocycles. The Morgan fingerprint density at radius 1 is 1.19 bits per heavy atom. The van der Waals surface area contributed by atoms with E-state index >= 15 is 0 Å². The summed E-state index contributed by atoms with van der Waals surface area (Å²) < 4.78 is 0. The Bertz CT molecular complexity index is 154. The van der Waals surface area contributed by atoms with Gasteiger partial charge in [-0.1, -0.05) is 53.9 Å². The Hall–Kier alpha value is -0.0400. The SMILES string of the molecule is CC.CCCCC1CCC(C(C)C)C(O)C1. The van der Waals surface area contributed by atoms with E-state index in [9.17, 15) is 5.11 Å². The van der Waals surface area contributed by atoms with E-state index in [4.69, 9.17) is 0 Å². The van der Waals surface area contributed by atoms with E-state index in [0.29, 0.717) is 11.8 Å². The van der Waals surface area contributed by atoms with Crippen LogP contribution in [0.15, 0.2) is 0 Å². The van der Waals surface area contributed by atoms with Crippen molar-refractivity contribution in [2.45, 2.75) is 79.2 Å². The first kappa shape index (κ1) is 16.0. The molecule has 1 aliphatic rings. The number of hydrogen-bond acceptors (Lipinski definition) is 1. The minimum absolute atomic E-state index is 0.0226. The molecule has 1 aliphatic carbocycles. The summed E-state index contributed by atoms with van der Waals surface area (Å²) in [6, 6.07) is 0. The van der Waals surface area contributed by atoms with Gasteiger partial charge in [0.05, 0.1) is 6.10 Å². The largest absolute Gasteiger partial charge is 0.393 e. The highest BCUT2D eigenvalue weighted by atomic mass is 16.3. The molecule has 1 nitrogen and oxygen atoms in total. The van der Waals surface area contributed by atoms with Crippen LogP contribution in [0.3, 0.4) is 0 Å². The fraction of sp³-hybridized carbons (Fsp3) is 1.00. The predicted molar refractivity (Wildman–Crippen MR) is 72.5 cm³/mol. The van der Waals surface area contributed by atoms with Crippen LogP contribution >= 0.6 is 0 Å². The van der Waals surface area contributed by atoms with Crippen LogP contribution in [0.25, 0.3) is 0 Å². The average Bonchev–Trinajstić information content (AvgIpc) is 2.28. The molecule has 0 aliphatic heterocycles. The minimum Gasteiger partial charge on any atom is -0.393 e. The van der Waals surface area contributed by atoms with E-state index in [-0.39, 0.29) is 6.10 Å². The zero-order valence-corrected chi connectivity index (χ0v) is 12.0. The van der Waals surface area contributed by atoms with E-state index in [0.717, 1.165) is 12.3 Å². The van der Waals surface area contributed by atoms with Crippen molar-refractivity contribution in [1.29, 1.82) is 0 Å². The smallest absolute Gasteiger partial charge is 0.0573 e. The van der Waals surface area contributed by atoms with Gasteiger partial charge in [0, 0.05) is 0 Å². The fourth-order valence-corrected chi connectivity index (χ4v) is 2.79. The molecule has 1 rings (SSSR count). The van der Waals surface area contributed by atoms with Gasteiger partial charge in [-0.15, -0.1) is 0 Å². The summed E-state index contributed by atoms with van der Waals surface area (Å²) in [6.45, 7) is 10.7. The maximum atomic E-state index is 10.0. The van der Waals surface area contributed by atoms with Crippen LogP contribution in [0.2, 0.25) is 0 Å². The highest BCUT2D eigenvalue weighted by molar-refractivity contribution is 4.81. The summed E-state index contributed by atoms with van der Waals surface area (Å²) in [5.74, 6) is 2.02. The van der Waals surface area contributed by atoms with Crippen LogP contribution in [0.4, 0.5) is 0 Å². The predicted octanol–water partition coefficient (Wildman–Crippen LogP) is 4.64. The molecule has 3 atom stereocenters. The van der Waals surface area contributed by atoms with Gasteiger partial charge in [-0.05, 0) is 37.0 Å². The molecule has 0 spiro atoms. The van der Waals surface area contributed by atoms with E-state index in [1.54, 1.807) is 0 Å². The third kappa shape index (κ3) is 5.34. The van der Waals surface area contributed by atoms with Crippen LogP contribution in [0.1, 0.15) is 73.1 Å². The number of unbranched alkanes of at least 4 members (excludes halogenated alkanes) is 1. The molecule has 1 fully saturated rings. The van der Waals surface area contributed by atoms with Crippen LogP contribution in [-0.4, -0.2) is 11.2 Å². The van der Waals surface area contributed by atoms with Gasteiger partial charge in [0.1, 0.15) is 0 Å². The Morgan fingerprint density at radius 3 is 2.25 bits per heavy atom. The molecule has 98 valence electrons. The van der Waals surface area contributed by atoms with E-state index in [1.165, 1.54) is 32.1 Å². The second-order valence-corrected chi connectivity index (χ2v) is 5.30. The molecule has 0 amide bonds. The average molecular weight is 228 g/mol. The van der Waals surface area contributed by atoms with Crippen molar-refractivity contribution in [3.63, 3.8) is 0 Å². The Balaban J connectivity index is 0.00000106. The maximum absolute atomic E-state index is 10.0. The lowest BCUT2D eigenvalue weighted by Gasteiger charge is -2.35. The topological polar surface area (TPSA) is 20.2 Å². The lowest BCUT2D eigenvalue weighted by molar-refractivity contribution is 0.0206. The van der Waals surface area contributed by atoms with Crippen molar-refractivity contribution in [2.24, 2.45) is 17.8 Å². The monoisotopic (exact) mass is 228 g/mol. The molecule has 0 saturated heterocycles. The van der Waals surface area contributed by atoms with Crippen molar-refractivity contribution in [3.05, 3.63) is 0 Å². The van der Waals surface area contributed by atoms with Crippen molar-refractivity contribution in [3.8, 4) is 0 Å². The van der Waals surface area contributed by atoms with Gasteiger partial charge < -0.3 is 5.11 Å². The van der Waals surface area contributed by atoms with Crippen LogP contribution in [0.5, 0.6) is 0 Å². The van der Waals surface area contributed by atoms with Gasteiger partial charge >= 0.3 is 0 Å². The summed E-state index contributed by atoms with van der Waals surface area (Å²) in [5, 5.41) is 10.0. The second-order valence-electron chi connectivity index (χ2n) is 5.30. The zero-order chi connectivity index (χ0) is 12.6. The highest BCUT2D eigenvalue weighted by Gasteiger charge is 2.30. The van der Waals surface area contributed by atoms with Gasteiger partial charge in [0.2, 0.25) is 0 Å². The molecule has 16 heavy (non-hydrogen) atoms. The highest BCUT2D eigenvalue weighted by Crippen LogP contribution is 2.35. The summed E-state index contributed by atoms with van der Waals surface area (Å²) in [4.78, 5) is 0. The normalized spacial score (nSPS) is 29.8. The first-order valence-electron chi connectivity index (χ1n) is 7.33. The van der Waals surface area contributed by atoms with Gasteiger partial charge in [-0.2, -0.15) is 0 Å². The number of rotatable bonds is 4. The van der Waals surface area contributed by atoms with Crippen molar-refractivity contribution >= 4 is 0 Å². The molecule has 1 heteroatoms. The molecule has 0 aromatic rings. The lowest BCUT2D eigenvalue weighted by Crippen LogP contribution is -2.32. The Labute approximate surface area is 103 Å². The van der Waals surface area contributed by atoms with Gasteiger partial charge in [0.25, 0.3) is 0 Å². The van der Waals surface area contributed by atoms with Crippen LogP contribution in [-0.2, 0) is 0 Å². The third-order valence-corrected chi connectivity index (χ3v) is 3.80. The molecule has 0 bridgehead atoms. The quantitative estimate of drug-likeness (QED) is 0.743. The molecule has 1 saturated carbocycles. The molecule has 0 radical (unpaired) electrons. The second kappa shape index (κ2) is 9.04. The summed E-state index contributed by atoms with van der Waals surface area (Å²) >= 11 is 0. The van der Waals surface area contributed by atoms with Crippen LogP contribution < -0.4 is 0 Å². The first-order chi connectivity index (χ1) is 7.65. The summed E-state index contributed by atoms with van der Waals surface area (Å²) in [7, 11) is 0. The number of aliphatic hydroxyl groups is 1. The third-order valence-electron chi connectivity index (χ3n) is 3.80. The summed E-state index contributed by atoms with van der Waals surface area (Å²) in [6.07, 6.45) is 7.59. The lowest BCUT2D eigenvalue weighted by atomic mass is 9.73. The Kier molecular flexibility index (Phi) is 9.02. The molecular weight excluding hydrogens is 196 g/mol. The number of hydrogen-bond donors (Lipinski definition) is 1. The zero-order valence-electron chi connectivity index (χ0n) is 12.0. The van der Waals surface area contributed by atoms with Crippen molar-refractivity contribution in [1.82, 2.24) is 0 Å². The Morgan fingerprint density at radius 2 is 1.81 bits per heavy atom. The fourth-order valence-electron chi connectivity index (χ4n) is 2.79. The van der Waals surface area contributed by atoms with E-state index in [2.05, 4.69) is 20.8 Å². The maximum Gasteiger partial charge on any atom is 0.0573 e. The van der Waals surface area contributed by atoms with E-state index in [1.807, 2.05) is 13.8 Å². The molecule has 0 aromatic carbocycles. The minimum atomic E-state index is -0.0226. The molecule has 1 N–H and O–H groups in total. The standard InChI is InChI=1S/C13H26O.C2H6/c1-4-5-6-11-7-8-12(10(2)3)13(14)9-11;1-2/h10-14H,4-9H2,1-3H3;1-2H3. The van der Waals surface area contributed by atoms with Crippen molar-refractivity contribution < 1.29 is 5.11 Å². The summed E-state index contributed by atoms with van der Waals surface area (Å²) in [5.41, 5.74) is 0. The van der Waals surface area contributed by atoms with Crippen molar-refractivity contribution in [2.75, 3.05) is 0 Å². The number of aliphatic hydroxyl groups excluding tert-OH is 1. The van der Waals surface area contributed by atoms with Gasteiger partial charge in [-0.25, -0.2) is 0 Å². The van der Waals surface area contributed by atoms with Crippen LogP contribution in [0, 0.1) is 17.8 Å². The van der Waals surface area contributed by atoms with Gasteiger partial charge in [-0.3, -0.25) is 0 Å². The molecule has 0 heterocycles. The molecular formula is C15H32O. The van der Waals surface area contributed by atoms with E-state index < -0.39 is 0 Å².